The van der Waals surface area contributed by atoms with Crippen LogP contribution < -0.4 is 16.0 Å². The van der Waals surface area contributed by atoms with E-state index in [9.17, 15) is 9.59 Å². The van der Waals surface area contributed by atoms with E-state index in [1.165, 1.54) is 0 Å². The summed E-state index contributed by atoms with van der Waals surface area (Å²) in [6.07, 6.45) is 1.73. The van der Waals surface area contributed by atoms with Gasteiger partial charge in [-0.2, -0.15) is 0 Å². The number of hydrogen-bond donors (Lipinski definition) is 3. The van der Waals surface area contributed by atoms with Crippen LogP contribution in [0.3, 0.4) is 0 Å². The highest BCUT2D eigenvalue weighted by Gasteiger charge is 2.09. The van der Waals surface area contributed by atoms with Crippen LogP contribution in [0, 0.1) is 6.92 Å². The predicted octanol–water partition coefficient (Wildman–Crippen LogP) is 2.70. The lowest BCUT2D eigenvalue weighted by Crippen LogP contribution is -2.19. The lowest BCUT2D eigenvalue weighted by atomic mass is 10.1. The molecule has 0 aliphatic heterocycles. The van der Waals surface area contributed by atoms with Gasteiger partial charge in [-0.05, 0) is 38.1 Å². The number of carbonyl (C=O) groups is 2. The molecule has 2 amide bonds. The van der Waals surface area contributed by atoms with Crippen LogP contribution in [-0.4, -0.2) is 25.4 Å². The maximum atomic E-state index is 11.7. The summed E-state index contributed by atoms with van der Waals surface area (Å²) in [6, 6.07) is 5.50. The Morgan fingerprint density at radius 1 is 1.05 bits per heavy atom. The summed E-state index contributed by atoms with van der Waals surface area (Å²) in [5, 5.41) is 8.66. The molecular formula is C15H24ClN3O2. The molecule has 21 heavy (non-hydrogen) atoms. The number of hydrogen-bond acceptors (Lipinski definition) is 3. The number of amides is 2. The first-order chi connectivity index (χ1) is 9.58. The van der Waals surface area contributed by atoms with Gasteiger partial charge >= 0.3 is 0 Å². The third-order valence-electron chi connectivity index (χ3n) is 2.96. The SMILES string of the molecule is CCCC(=O)Nc1cccc(NC(=O)CCNC)c1C.Cl. The minimum Gasteiger partial charge on any atom is -0.326 e. The van der Waals surface area contributed by atoms with Crippen LogP contribution in [0.15, 0.2) is 18.2 Å². The zero-order chi connectivity index (χ0) is 15.0. The highest BCUT2D eigenvalue weighted by molar-refractivity contribution is 5.95. The third kappa shape index (κ3) is 6.60. The maximum Gasteiger partial charge on any atom is 0.225 e. The summed E-state index contributed by atoms with van der Waals surface area (Å²) >= 11 is 0. The number of rotatable bonds is 7. The number of nitrogens with one attached hydrogen (secondary N) is 3. The van der Waals surface area contributed by atoms with Crippen molar-refractivity contribution in [2.24, 2.45) is 0 Å². The molecule has 0 unspecified atom stereocenters. The van der Waals surface area contributed by atoms with Gasteiger partial charge in [-0.1, -0.05) is 13.0 Å². The van der Waals surface area contributed by atoms with Gasteiger partial charge in [0.1, 0.15) is 0 Å². The van der Waals surface area contributed by atoms with Crippen molar-refractivity contribution in [3.8, 4) is 0 Å². The average molecular weight is 314 g/mol. The quantitative estimate of drug-likeness (QED) is 0.725. The van der Waals surface area contributed by atoms with Gasteiger partial charge in [0.25, 0.3) is 0 Å². The average Bonchev–Trinajstić information content (AvgIpc) is 2.41. The normalized spacial score (nSPS) is 9.67. The first-order valence-corrected chi connectivity index (χ1v) is 6.92. The number of carbonyl (C=O) groups excluding carboxylic acids is 2. The van der Waals surface area contributed by atoms with Crippen molar-refractivity contribution >= 4 is 35.6 Å². The van der Waals surface area contributed by atoms with Gasteiger partial charge in [-0.25, -0.2) is 0 Å². The van der Waals surface area contributed by atoms with Crippen molar-refractivity contribution in [3.63, 3.8) is 0 Å². The molecule has 0 aliphatic rings. The van der Waals surface area contributed by atoms with Gasteiger partial charge in [0, 0.05) is 30.8 Å². The standard InChI is InChI=1S/C15H23N3O2.ClH/c1-4-6-14(19)17-12-7-5-8-13(11(12)2)18-15(20)9-10-16-3;/h5,7-8,16H,4,6,9-10H2,1-3H3,(H,17,19)(H,18,20);1H. The zero-order valence-corrected chi connectivity index (χ0v) is 13.6. The van der Waals surface area contributed by atoms with E-state index >= 15 is 0 Å². The summed E-state index contributed by atoms with van der Waals surface area (Å²) in [5.74, 6) is -0.0475. The minimum absolute atomic E-state index is 0. The molecule has 6 heteroatoms. The number of anilines is 2. The van der Waals surface area contributed by atoms with E-state index < -0.39 is 0 Å². The molecule has 0 saturated carbocycles. The largest absolute Gasteiger partial charge is 0.326 e. The monoisotopic (exact) mass is 313 g/mol. The second-order valence-electron chi connectivity index (χ2n) is 4.68. The van der Waals surface area contributed by atoms with Gasteiger partial charge < -0.3 is 16.0 Å². The van der Waals surface area contributed by atoms with Crippen LogP contribution in [0.25, 0.3) is 0 Å². The first kappa shape index (κ1) is 19.4. The predicted molar refractivity (Wildman–Crippen MR) is 89.1 cm³/mol. The van der Waals surface area contributed by atoms with Crippen molar-refractivity contribution in [1.82, 2.24) is 5.32 Å². The van der Waals surface area contributed by atoms with E-state index in [1.807, 2.05) is 39.1 Å². The molecule has 5 nitrogen and oxygen atoms in total. The summed E-state index contributed by atoms with van der Waals surface area (Å²) < 4.78 is 0. The van der Waals surface area contributed by atoms with Crippen molar-refractivity contribution in [1.29, 1.82) is 0 Å². The van der Waals surface area contributed by atoms with Crippen molar-refractivity contribution in [2.75, 3.05) is 24.2 Å². The molecule has 118 valence electrons. The highest BCUT2D eigenvalue weighted by atomic mass is 35.5. The molecule has 1 aromatic rings. The van der Waals surface area contributed by atoms with Crippen LogP contribution in [-0.2, 0) is 9.59 Å². The first-order valence-electron chi connectivity index (χ1n) is 6.92. The number of benzene rings is 1. The van der Waals surface area contributed by atoms with E-state index in [2.05, 4.69) is 16.0 Å². The molecule has 0 spiro atoms. The van der Waals surface area contributed by atoms with Gasteiger partial charge in [0.2, 0.25) is 11.8 Å². The molecule has 3 N–H and O–H groups in total. The van der Waals surface area contributed by atoms with Crippen LogP contribution in [0.1, 0.15) is 31.7 Å². The molecule has 1 aromatic carbocycles. The molecule has 0 heterocycles. The molecule has 0 atom stereocenters. The Kier molecular flexibility index (Phi) is 9.41. The fourth-order valence-corrected chi connectivity index (χ4v) is 1.80. The Labute approximate surface area is 132 Å². The zero-order valence-electron chi connectivity index (χ0n) is 12.8. The molecular weight excluding hydrogens is 290 g/mol. The minimum atomic E-state index is -0.0421. The molecule has 0 fully saturated rings. The molecule has 0 bridgehead atoms. The summed E-state index contributed by atoms with van der Waals surface area (Å²) in [6.45, 7) is 4.48. The Morgan fingerprint density at radius 3 is 2.05 bits per heavy atom. The molecule has 0 aromatic heterocycles. The van der Waals surface area contributed by atoms with E-state index in [0.717, 1.165) is 23.4 Å². The third-order valence-corrected chi connectivity index (χ3v) is 2.96. The van der Waals surface area contributed by atoms with Gasteiger partial charge in [-0.3, -0.25) is 9.59 Å². The van der Waals surface area contributed by atoms with E-state index in [1.54, 1.807) is 0 Å². The van der Waals surface area contributed by atoms with Crippen LogP contribution >= 0.6 is 12.4 Å². The van der Waals surface area contributed by atoms with Crippen LogP contribution in [0.2, 0.25) is 0 Å². The highest BCUT2D eigenvalue weighted by Crippen LogP contribution is 2.23. The van der Waals surface area contributed by atoms with Crippen molar-refractivity contribution < 1.29 is 9.59 Å². The fraction of sp³-hybridized carbons (Fsp3) is 0.467. The van der Waals surface area contributed by atoms with E-state index in [4.69, 9.17) is 0 Å². The number of halogens is 1. The van der Waals surface area contributed by atoms with E-state index in [0.29, 0.717) is 19.4 Å². The molecule has 0 aliphatic carbocycles. The Morgan fingerprint density at radius 2 is 1.57 bits per heavy atom. The summed E-state index contributed by atoms with van der Waals surface area (Å²) in [5.41, 5.74) is 2.35. The van der Waals surface area contributed by atoms with Gasteiger partial charge in [0.05, 0.1) is 0 Å². The Hall–Kier alpha value is -1.59. The van der Waals surface area contributed by atoms with E-state index in [-0.39, 0.29) is 24.2 Å². The second kappa shape index (κ2) is 10.2. The molecule has 1 rings (SSSR count). The van der Waals surface area contributed by atoms with Gasteiger partial charge in [-0.15, -0.1) is 12.4 Å². The smallest absolute Gasteiger partial charge is 0.225 e. The fourth-order valence-electron chi connectivity index (χ4n) is 1.80. The topological polar surface area (TPSA) is 70.2 Å². The maximum absolute atomic E-state index is 11.7. The van der Waals surface area contributed by atoms with Crippen LogP contribution in [0.4, 0.5) is 11.4 Å². The van der Waals surface area contributed by atoms with Crippen LogP contribution in [0.5, 0.6) is 0 Å². The van der Waals surface area contributed by atoms with Crippen molar-refractivity contribution in [2.45, 2.75) is 33.1 Å². The Balaban J connectivity index is 0.00000400. The second-order valence-corrected chi connectivity index (χ2v) is 4.68. The molecule has 0 saturated heterocycles. The molecule has 0 radical (unpaired) electrons. The summed E-state index contributed by atoms with van der Waals surface area (Å²) in [4.78, 5) is 23.4. The summed E-state index contributed by atoms with van der Waals surface area (Å²) in [7, 11) is 1.81. The van der Waals surface area contributed by atoms with Gasteiger partial charge in [0.15, 0.2) is 0 Å². The lowest BCUT2D eigenvalue weighted by molar-refractivity contribution is -0.116. The Bertz CT molecular complexity index is 478. The lowest BCUT2D eigenvalue weighted by Gasteiger charge is -2.13. The van der Waals surface area contributed by atoms with Crippen molar-refractivity contribution in [3.05, 3.63) is 23.8 Å².